The Labute approximate surface area is 100 Å². The van der Waals surface area contributed by atoms with Gasteiger partial charge in [0.15, 0.2) is 0 Å². The van der Waals surface area contributed by atoms with E-state index in [0.717, 1.165) is 5.69 Å². The molecular formula is C14H15FN2. The molecule has 0 spiro atoms. The molecule has 88 valence electrons. The second kappa shape index (κ2) is 4.87. The first kappa shape index (κ1) is 11.5. The molecule has 0 bridgehead atoms. The van der Waals surface area contributed by atoms with Crippen LogP contribution in [-0.2, 0) is 0 Å². The Morgan fingerprint density at radius 3 is 2.41 bits per heavy atom. The standard InChI is InChI=1S/C14H15FN2/c1-2-17(12-6-4-3-5-7-12)14-9-8-11(16)10-13(14)15/h3-10H,2,16H2,1H3. The van der Waals surface area contributed by atoms with Gasteiger partial charge in [-0.25, -0.2) is 4.39 Å². The third-order valence-corrected chi connectivity index (χ3v) is 2.65. The minimum Gasteiger partial charge on any atom is -0.399 e. The number of nitrogen functional groups attached to an aromatic ring is 1. The molecule has 17 heavy (non-hydrogen) atoms. The fourth-order valence-corrected chi connectivity index (χ4v) is 1.84. The van der Waals surface area contributed by atoms with Gasteiger partial charge in [0.05, 0.1) is 5.69 Å². The maximum absolute atomic E-state index is 13.9. The summed E-state index contributed by atoms with van der Waals surface area (Å²) in [5.74, 6) is -0.296. The number of rotatable bonds is 3. The molecule has 0 fully saturated rings. The van der Waals surface area contributed by atoms with Crippen LogP contribution in [0.2, 0.25) is 0 Å². The Balaban J connectivity index is 2.42. The molecule has 3 heteroatoms. The normalized spacial score (nSPS) is 10.2. The van der Waals surface area contributed by atoms with Crippen molar-refractivity contribution in [3.8, 4) is 0 Å². The maximum atomic E-state index is 13.9. The molecule has 2 aromatic rings. The predicted molar refractivity (Wildman–Crippen MR) is 69.9 cm³/mol. The summed E-state index contributed by atoms with van der Waals surface area (Å²) in [6.07, 6.45) is 0. The summed E-state index contributed by atoms with van der Waals surface area (Å²) in [5.41, 5.74) is 7.51. The van der Waals surface area contributed by atoms with Gasteiger partial charge >= 0.3 is 0 Å². The zero-order valence-electron chi connectivity index (χ0n) is 9.73. The third-order valence-electron chi connectivity index (χ3n) is 2.65. The SMILES string of the molecule is CCN(c1ccccc1)c1ccc(N)cc1F. The fraction of sp³-hybridized carbons (Fsp3) is 0.143. The maximum Gasteiger partial charge on any atom is 0.148 e. The monoisotopic (exact) mass is 230 g/mol. The fourth-order valence-electron chi connectivity index (χ4n) is 1.84. The number of hydrogen-bond donors (Lipinski definition) is 1. The highest BCUT2D eigenvalue weighted by molar-refractivity contribution is 5.65. The van der Waals surface area contributed by atoms with Crippen LogP contribution in [0.5, 0.6) is 0 Å². The molecule has 2 rings (SSSR count). The minimum absolute atomic E-state index is 0.296. The number of anilines is 3. The summed E-state index contributed by atoms with van der Waals surface area (Å²) in [4.78, 5) is 1.91. The molecular weight excluding hydrogens is 215 g/mol. The molecule has 0 aliphatic carbocycles. The first-order chi connectivity index (χ1) is 8.22. The van der Waals surface area contributed by atoms with Crippen LogP contribution in [0.3, 0.4) is 0 Å². The average Bonchev–Trinajstić information content (AvgIpc) is 2.34. The van der Waals surface area contributed by atoms with E-state index in [1.165, 1.54) is 6.07 Å². The van der Waals surface area contributed by atoms with Crippen molar-refractivity contribution in [1.29, 1.82) is 0 Å². The molecule has 0 saturated carbocycles. The summed E-state index contributed by atoms with van der Waals surface area (Å²) < 4.78 is 13.9. The highest BCUT2D eigenvalue weighted by Gasteiger charge is 2.11. The Bertz CT molecular complexity index is 497. The van der Waals surface area contributed by atoms with E-state index in [2.05, 4.69) is 0 Å². The van der Waals surface area contributed by atoms with Crippen molar-refractivity contribution >= 4 is 17.1 Å². The summed E-state index contributed by atoms with van der Waals surface area (Å²) in [6, 6.07) is 14.5. The van der Waals surface area contributed by atoms with Crippen LogP contribution >= 0.6 is 0 Å². The molecule has 0 aromatic heterocycles. The van der Waals surface area contributed by atoms with Gasteiger partial charge in [-0.2, -0.15) is 0 Å². The average molecular weight is 230 g/mol. The summed E-state index contributed by atoms with van der Waals surface area (Å²) in [5, 5.41) is 0. The number of hydrogen-bond acceptors (Lipinski definition) is 2. The van der Waals surface area contributed by atoms with Crippen LogP contribution in [0.4, 0.5) is 21.5 Å². The predicted octanol–water partition coefficient (Wildman–Crippen LogP) is 3.57. The van der Waals surface area contributed by atoms with Crippen molar-refractivity contribution in [3.05, 3.63) is 54.3 Å². The van der Waals surface area contributed by atoms with Crippen LogP contribution < -0.4 is 10.6 Å². The van der Waals surface area contributed by atoms with E-state index >= 15 is 0 Å². The molecule has 0 unspecified atom stereocenters. The summed E-state index contributed by atoms with van der Waals surface area (Å²) in [6.45, 7) is 2.69. The number of nitrogens with two attached hydrogens (primary N) is 1. The second-order valence-electron chi connectivity index (χ2n) is 3.79. The number of halogens is 1. The van der Waals surface area contributed by atoms with Gasteiger partial charge in [0.1, 0.15) is 5.82 Å². The van der Waals surface area contributed by atoms with Crippen molar-refractivity contribution in [3.63, 3.8) is 0 Å². The summed E-state index contributed by atoms with van der Waals surface area (Å²) >= 11 is 0. The lowest BCUT2D eigenvalue weighted by Gasteiger charge is -2.23. The smallest absolute Gasteiger partial charge is 0.148 e. The molecule has 0 atom stereocenters. The van der Waals surface area contributed by atoms with Crippen LogP contribution in [0, 0.1) is 5.82 Å². The van der Waals surface area contributed by atoms with Crippen LogP contribution in [-0.4, -0.2) is 6.54 Å². The van der Waals surface area contributed by atoms with Crippen molar-refractivity contribution in [2.24, 2.45) is 0 Å². The number of nitrogens with zero attached hydrogens (tertiary/aromatic N) is 1. The number of benzene rings is 2. The third kappa shape index (κ3) is 2.38. The van der Waals surface area contributed by atoms with Gasteiger partial charge in [0.25, 0.3) is 0 Å². The first-order valence-electron chi connectivity index (χ1n) is 5.60. The lowest BCUT2D eigenvalue weighted by Crippen LogP contribution is -2.17. The summed E-state index contributed by atoms with van der Waals surface area (Å²) in [7, 11) is 0. The Morgan fingerprint density at radius 2 is 1.82 bits per heavy atom. The van der Waals surface area contributed by atoms with Gasteiger partial charge in [0, 0.05) is 17.9 Å². The van der Waals surface area contributed by atoms with E-state index in [0.29, 0.717) is 17.9 Å². The van der Waals surface area contributed by atoms with Crippen molar-refractivity contribution in [1.82, 2.24) is 0 Å². The molecule has 0 aliphatic heterocycles. The van der Waals surface area contributed by atoms with E-state index in [1.807, 2.05) is 42.2 Å². The topological polar surface area (TPSA) is 29.3 Å². The zero-order chi connectivity index (χ0) is 12.3. The van der Waals surface area contributed by atoms with Crippen LogP contribution in [0.15, 0.2) is 48.5 Å². The molecule has 2 N–H and O–H groups in total. The molecule has 0 heterocycles. The Hall–Kier alpha value is -2.03. The van der Waals surface area contributed by atoms with Crippen LogP contribution in [0.25, 0.3) is 0 Å². The van der Waals surface area contributed by atoms with E-state index < -0.39 is 0 Å². The molecule has 2 aromatic carbocycles. The largest absolute Gasteiger partial charge is 0.399 e. The Kier molecular flexibility index (Phi) is 3.28. The van der Waals surface area contributed by atoms with Crippen molar-refractivity contribution in [2.75, 3.05) is 17.2 Å². The second-order valence-corrected chi connectivity index (χ2v) is 3.79. The molecule has 0 saturated heterocycles. The van der Waals surface area contributed by atoms with Gasteiger partial charge in [-0.15, -0.1) is 0 Å². The van der Waals surface area contributed by atoms with Crippen molar-refractivity contribution in [2.45, 2.75) is 6.92 Å². The molecule has 2 nitrogen and oxygen atoms in total. The lowest BCUT2D eigenvalue weighted by atomic mass is 10.2. The zero-order valence-corrected chi connectivity index (χ0v) is 9.73. The highest BCUT2D eigenvalue weighted by Crippen LogP contribution is 2.28. The minimum atomic E-state index is -0.296. The van der Waals surface area contributed by atoms with Gasteiger partial charge in [-0.3, -0.25) is 0 Å². The first-order valence-corrected chi connectivity index (χ1v) is 5.60. The van der Waals surface area contributed by atoms with E-state index in [-0.39, 0.29) is 5.82 Å². The van der Waals surface area contributed by atoms with Crippen molar-refractivity contribution < 1.29 is 4.39 Å². The van der Waals surface area contributed by atoms with E-state index in [4.69, 9.17) is 5.73 Å². The van der Waals surface area contributed by atoms with E-state index in [1.54, 1.807) is 12.1 Å². The lowest BCUT2D eigenvalue weighted by molar-refractivity contribution is 0.626. The highest BCUT2D eigenvalue weighted by atomic mass is 19.1. The van der Waals surface area contributed by atoms with Gasteiger partial charge < -0.3 is 10.6 Å². The quantitative estimate of drug-likeness (QED) is 0.817. The van der Waals surface area contributed by atoms with Gasteiger partial charge in [0.2, 0.25) is 0 Å². The van der Waals surface area contributed by atoms with Crippen LogP contribution in [0.1, 0.15) is 6.92 Å². The Morgan fingerprint density at radius 1 is 1.12 bits per heavy atom. The number of para-hydroxylation sites is 1. The molecule has 0 amide bonds. The molecule has 0 aliphatic rings. The van der Waals surface area contributed by atoms with Gasteiger partial charge in [-0.05, 0) is 37.3 Å². The van der Waals surface area contributed by atoms with E-state index in [9.17, 15) is 4.39 Å². The van der Waals surface area contributed by atoms with Gasteiger partial charge in [-0.1, -0.05) is 18.2 Å². The molecule has 0 radical (unpaired) electrons.